The number of nitrogens with zero attached hydrogens (tertiary/aromatic N) is 3. The van der Waals surface area contributed by atoms with Gasteiger partial charge in [0.15, 0.2) is 4.80 Å². The highest BCUT2D eigenvalue weighted by Gasteiger charge is 2.23. The first kappa shape index (κ1) is 26.8. The molecule has 194 valence electrons. The fraction of sp³-hybridized carbons (Fsp3) is 0.286. The number of amides is 1. The third-order valence-electron chi connectivity index (χ3n) is 6.00. The van der Waals surface area contributed by atoms with Gasteiger partial charge in [-0.1, -0.05) is 35.6 Å². The van der Waals surface area contributed by atoms with Gasteiger partial charge >= 0.3 is 0 Å². The van der Waals surface area contributed by atoms with Gasteiger partial charge in [-0.15, -0.1) is 0 Å². The van der Waals surface area contributed by atoms with Crippen molar-refractivity contribution in [3.05, 3.63) is 88.2 Å². The minimum absolute atomic E-state index is 0.120. The summed E-state index contributed by atoms with van der Waals surface area (Å²) in [5.74, 6) is -0.426. The molecule has 4 aromatic rings. The molecule has 0 N–H and O–H groups in total. The highest BCUT2D eigenvalue weighted by atomic mass is 32.2. The van der Waals surface area contributed by atoms with Gasteiger partial charge in [0.1, 0.15) is 0 Å². The van der Waals surface area contributed by atoms with Crippen LogP contribution in [-0.2, 0) is 21.3 Å². The number of aromatic nitrogens is 1. The lowest BCUT2D eigenvalue weighted by Gasteiger charge is -2.22. The number of sulfonamides is 1. The molecule has 1 aromatic heterocycles. The Balaban J connectivity index is 1.68. The highest BCUT2D eigenvalue weighted by Crippen LogP contribution is 2.25. The van der Waals surface area contributed by atoms with Gasteiger partial charge < -0.3 is 9.30 Å². The summed E-state index contributed by atoms with van der Waals surface area (Å²) in [7, 11) is -3.78. The molecular formula is C28H31N3O4S2. The Morgan fingerprint density at radius 2 is 1.73 bits per heavy atom. The summed E-state index contributed by atoms with van der Waals surface area (Å²) in [6, 6.07) is 19.1. The van der Waals surface area contributed by atoms with E-state index in [-0.39, 0.29) is 11.4 Å². The van der Waals surface area contributed by atoms with E-state index in [4.69, 9.17) is 4.74 Å². The number of carbonyl (C=O) groups is 1. The number of carbonyl (C=O) groups excluding carboxylic acids is 1. The predicted octanol–water partition coefficient (Wildman–Crippen LogP) is 5.31. The third kappa shape index (κ3) is 5.69. The molecule has 9 heteroatoms. The molecule has 1 amide bonds. The van der Waals surface area contributed by atoms with Gasteiger partial charge in [-0.2, -0.15) is 4.99 Å². The average molecular weight is 538 g/mol. The summed E-state index contributed by atoms with van der Waals surface area (Å²) in [6.45, 7) is 9.82. The summed E-state index contributed by atoms with van der Waals surface area (Å²) in [4.78, 5) is 18.3. The second kappa shape index (κ2) is 11.4. The SMILES string of the molecule is CCOCCn1c(=NC(=O)c2ccc(S(=O)(=O)N(CC)c3ccccc3)cc2)sc2c(C)cc(C)cc21. The van der Waals surface area contributed by atoms with Gasteiger partial charge in [0, 0.05) is 25.3 Å². The number of fused-ring (bicyclic) bond motifs is 1. The molecular weight excluding hydrogens is 506 g/mol. The molecule has 3 aromatic carbocycles. The topological polar surface area (TPSA) is 81.0 Å². The molecule has 0 atom stereocenters. The van der Waals surface area contributed by atoms with Gasteiger partial charge in [-0.05, 0) is 81.3 Å². The van der Waals surface area contributed by atoms with Crippen LogP contribution in [0, 0.1) is 13.8 Å². The Morgan fingerprint density at radius 3 is 2.38 bits per heavy atom. The second-order valence-electron chi connectivity index (χ2n) is 8.61. The van der Waals surface area contributed by atoms with Gasteiger partial charge in [0.25, 0.3) is 15.9 Å². The number of anilines is 1. The van der Waals surface area contributed by atoms with Crippen molar-refractivity contribution in [1.29, 1.82) is 0 Å². The summed E-state index contributed by atoms with van der Waals surface area (Å²) in [5.41, 5.74) is 4.21. The van der Waals surface area contributed by atoms with Crippen LogP contribution in [0.1, 0.15) is 35.3 Å². The number of thiazole rings is 1. The Bertz CT molecular complexity index is 1570. The van der Waals surface area contributed by atoms with Gasteiger partial charge in [-0.3, -0.25) is 9.10 Å². The van der Waals surface area contributed by atoms with Crippen LogP contribution in [-0.4, -0.2) is 38.7 Å². The molecule has 0 saturated carbocycles. The molecule has 37 heavy (non-hydrogen) atoms. The third-order valence-corrected chi connectivity index (χ3v) is 9.14. The van der Waals surface area contributed by atoms with E-state index >= 15 is 0 Å². The lowest BCUT2D eigenvalue weighted by Crippen LogP contribution is -2.30. The van der Waals surface area contributed by atoms with Crippen molar-refractivity contribution in [2.75, 3.05) is 24.1 Å². The quantitative estimate of drug-likeness (QED) is 0.271. The minimum Gasteiger partial charge on any atom is -0.380 e. The molecule has 4 rings (SSSR count). The van der Waals surface area contributed by atoms with Crippen LogP contribution in [0.15, 0.2) is 76.6 Å². The number of para-hydroxylation sites is 1. The Hall–Kier alpha value is -3.27. The molecule has 0 aliphatic heterocycles. The molecule has 0 aliphatic carbocycles. The number of ether oxygens (including phenoxy) is 1. The van der Waals surface area contributed by atoms with Crippen LogP contribution in [0.2, 0.25) is 0 Å². The molecule has 7 nitrogen and oxygen atoms in total. The first-order chi connectivity index (χ1) is 17.8. The zero-order valence-corrected chi connectivity index (χ0v) is 23.1. The van der Waals surface area contributed by atoms with Crippen molar-refractivity contribution in [1.82, 2.24) is 4.57 Å². The highest BCUT2D eigenvalue weighted by molar-refractivity contribution is 7.92. The number of aryl methyl sites for hydroxylation is 2. The molecule has 0 spiro atoms. The van der Waals surface area contributed by atoms with E-state index in [0.717, 1.165) is 21.3 Å². The van der Waals surface area contributed by atoms with Crippen molar-refractivity contribution < 1.29 is 17.9 Å². The van der Waals surface area contributed by atoms with E-state index in [1.54, 1.807) is 31.2 Å². The fourth-order valence-corrected chi connectivity index (χ4v) is 6.83. The van der Waals surface area contributed by atoms with Crippen molar-refractivity contribution in [3.63, 3.8) is 0 Å². The Kier molecular flexibility index (Phi) is 8.26. The summed E-state index contributed by atoms with van der Waals surface area (Å²) < 4.78 is 36.5. The monoisotopic (exact) mass is 537 g/mol. The van der Waals surface area contributed by atoms with Crippen molar-refractivity contribution >= 4 is 43.2 Å². The number of hydrogen-bond donors (Lipinski definition) is 0. The first-order valence-electron chi connectivity index (χ1n) is 12.2. The van der Waals surface area contributed by atoms with Crippen molar-refractivity contribution in [3.8, 4) is 0 Å². The number of hydrogen-bond acceptors (Lipinski definition) is 5. The number of benzene rings is 3. The zero-order valence-electron chi connectivity index (χ0n) is 21.5. The smallest absolute Gasteiger partial charge is 0.279 e. The van der Waals surface area contributed by atoms with Gasteiger partial charge in [-0.25, -0.2) is 8.42 Å². The maximum absolute atomic E-state index is 13.3. The standard InChI is InChI=1S/C28H31N3O4S2/c1-5-31(23-10-8-7-9-11-23)37(33,34)24-14-12-22(13-15-24)27(32)29-28-30(16-17-35-6-2)25-19-20(3)18-21(4)26(25)36-28/h7-15,18-19H,5-6,16-17H2,1-4H3. The maximum Gasteiger partial charge on any atom is 0.279 e. The van der Waals surface area contributed by atoms with Crippen LogP contribution in [0.25, 0.3) is 10.2 Å². The lowest BCUT2D eigenvalue weighted by atomic mass is 10.1. The molecule has 1 heterocycles. The zero-order chi connectivity index (χ0) is 26.6. The Labute approximate surface area is 221 Å². The van der Waals surface area contributed by atoms with E-state index in [1.165, 1.54) is 39.9 Å². The Morgan fingerprint density at radius 1 is 1.03 bits per heavy atom. The normalized spacial score (nSPS) is 12.3. The second-order valence-corrected chi connectivity index (χ2v) is 11.4. The van der Waals surface area contributed by atoms with E-state index in [1.807, 2.05) is 24.5 Å². The average Bonchev–Trinajstić information content (AvgIpc) is 3.22. The van der Waals surface area contributed by atoms with Crippen molar-refractivity contribution in [2.24, 2.45) is 4.99 Å². The van der Waals surface area contributed by atoms with E-state index < -0.39 is 15.9 Å². The molecule has 0 radical (unpaired) electrons. The molecule has 0 bridgehead atoms. The van der Waals surface area contributed by atoms with E-state index in [0.29, 0.717) is 35.8 Å². The summed E-state index contributed by atoms with van der Waals surface area (Å²) in [5, 5.41) is 0. The lowest BCUT2D eigenvalue weighted by molar-refractivity contribution is 0.0996. The van der Waals surface area contributed by atoms with Crippen LogP contribution in [0.3, 0.4) is 0 Å². The van der Waals surface area contributed by atoms with Gasteiger partial charge in [0.2, 0.25) is 0 Å². The van der Waals surface area contributed by atoms with Crippen molar-refractivity contribution in [2.45, 2.75) is 39.1 Å². The number of rotatable bonds is 9. The summed E-state index contributed by atoms with van der Waals surface area (Å²) in [6.07, 6.45) is 0. The van der Waals surface area contributed by atoms with Crippen LogP contribution < -0.4 is 9.11 Å². The van der Waals surface area contributed by atoms with Crippen LogP contribution in [0.4, 0.5) is 5.69 Å². The molecule has 0 fully saturated rings. The minimum atomic E-state index is -3.78. The summed E-state index contributed by atoms with van der Waals surface area (Å²) >= 11 is 1.47. The predicted molar refractivity (Wildman–Crippen MR) is 149 cm³/mol. The van der Waals surface area contributed by atoms with Gasteiger partial charge in [0.05, 0.1) is 27.4 Å². The first-order valence-corrected chi connectivity index (χ1v) is 14.5. The van der Waals surface area contributed by atoms with E-state index in [2.05, 4.69) is 24.0 Å². The van der Waals surface area contributed by atoms with E-state index in [9.17, 15) is 13.2 Å². The molecule has 0 saturated heterocycles. The maximum atomic E-state index is 13.3. The largest absolute Gasteiger partial charge is 0.380 e. The fourth-order valence-electron chi connectivity index (χ4n) is 4.25. The molecule has 0 aliphatic rings. The van der Waals surface area contributed by atoms with Crippen LogP contribution >= 0.6 is 11.3 Å². The van der Waals surface area contributed by atoms with Crippen LogP contribution in [0.5, 0.6) is 0 Å². The molecule has 0 unspecified atom stereocenters.